The summed E-state index contributed by atoms with van der Waals surface area (Å²) >= 11 is 0. The van der Waals surface area contributed by atoms with Gasteiger partial charge in [-0.1, -0.05) is 6.07 Å². The van der Waals surface area contributed by atoms with Crippen LogP contribution in [0.3, 0.4) is 0 Å². The van der Waals surface area contributed by atoms with Crippen molar-refractivity contribution < 1.29 is 22.8 Å². The molecular weight excluding hydrogens is 383 g/mol. The second-order valence-corrected chi connectivity index (χ2v) is 6.22. The molecule has 5 nitrogen and oxygen atoms in total. The predicted molar refractivity (Wildman–Crippen MR) is 103 cm³/mol. The van der Waals surface area contributed by atoms with E-state index in [1.54, 1.807) is 24.3 Å². The van der Waals surface area contributed by atoms with Crippen molar-refractivity contribution in [3.8, 4) is 0 Å². The molecule has 3 aromatic rings. The molecule has 0 bridgehead atoms. The summed E-state index contributed by atoms with van der Waals surface area (Å²) in [5.41, 5.74) is 0.647. The van der Waals surface area contributed by atoms with Gasteiger partial charge in [0.2, 0.25) is 0 Å². The van der Waals surface area contributed by atoms with Crippen LogP contribution in [0.2, 0.25) is 0 Å². The number of aromatic nitrogens is 1. The third kappa shape index (κ3) is 5.19. The first-order valence-electron chi connectivity index (χ1n) is 8.55. The van der Waals surface area contributed by atoms with Crippen LogP contribution in [0.25, 0.3) is 0 Å². The summed E-state index contributed by atoms with van der Waals surface area (Å²) in [7, 11) is 0. The number of amides is 1. The van der Waals surface area contributed by atoms with Gasteiger partial charge in [0.1, 0.15) is 5.82 Å². The molecule has 0 aliphatic heterocycles. The van der Waals surface area contributed by atoms with E-state index in [9.17, 15) is 22.8 Å². The zero-order chi connectivity index (χ0) is 21.0. The average molecular weight is 399 g/mol. The Morgan fingerprint density at radius 3 is 2.28 bits per heavy atom. The molecule has 2 N–H and O–H groups in total. The van der Waals surface area contributed by atoms with Crippen LogP contribution in [0.15, 0.2) is 66.9 Å². The fraction of sp³-hybridized carbons (Fsp3) is 0.0952. The van der Waals surface area contributed by atoms with Crippen LogP contribution in [0.5, 0.6) is 0 Å². The Bertz CT molecular complexity index is 1050. The standard InChI is InChI=1S/C21H16F3N3O2/c1-13(28)14-5-7-17(8-6-14)26-19-11-15(9-10-25-19)20(29)27-18-4-2-3-16(12-18)21(22,23)24/h2-12H,1H3,(H,25,26)(H,27,29). The van der Waals surface area contributed by atoms with Crippen LogP contribution in [-0.2, 0) is 6.18 Å². The molecule has 0 saturated heterocycles. The number of Topliss-reactive ketones (excluding diaryl/α,β-unsaturated/α-hetero) is 1. The Labute approximate surface area is 164 Å². The number of carbonyl (C=O) groups excluding carboxylic acids is 2. The van der Waals surface area contributed by atoms with Crippen molar-refractivity contribution in [2.24, 2.45) is 0 Å². The highest BCUT2D eigenvalue weighted by Gasteiger charge is 2.30. The molecule has 0 aliphatic rings. The number of alkyl halides is 3. The molecule has 0 fully saturated rings. The molecule has 2 aromatic carbocycles. The first-order chi connectivity index (χ1) is 13.7. The topological polar surface area (TPSA) is 71.1 Å². The number of halogens is 3. The summed E-state index contributed by atoms with van der Waals surface area (Å²) in [5, 5.41) is 5.46. The molecule has 0 radical (unpaired) electrons. The van der Waals surface area contributed by atoms with Crippen LogP contribution < -0.4 is 10.6 Å². The average Bonchev–Trinajstić information content (AvgIpc) is 2.68. The van der Waals surface area contributed by atoms with Gasteiger partial charge in [0.05, 0.1) is 5.56 Å². The van der Waals surface area contributed by atoms with Gasteiger partial charge in [-0.05, 0) is 61.5 Å². The summed E-state index contributed by atoms with van der Waals surface area (Å²) in [5.74, 6) is -0.248. The van der Waals surface area contributed by atoms with Gasteiger partial charge in [0.25, 0.3) is 5.91 Å². The van der Waals surface area contributed by atoms with E-state index in [1.165, 1.54) is 37.4 Å². The van der Waals surface area contributed by atoms with E-state index in [-0.39, 0.29) is 17.0 Å². The van der Waals surface area contributed by atoms with E-state index >= 15 is 0 Å². The Morgan fingerprint density at radius 2 is 1.62 bits per heavy atom. The zero-order valence-electron chi connectivity index (χ0n) is 15.2. The van der Waals surface area contributed by atoms with Crippen LogP contribution >= 0.6 is 0 Å². The largest absolute Gasteiger partial charge is 0.416 e. The molecule has 1 amide bonds. The lowest BCUT2D eigenvalue weighted by Gasteiger charge is -2.11. The number of carbonyl (C=O) groups is 2. The Hall–Kier alpha value is -3.68. The highest BCUT2D eigenvalue weighted by molar-refractivity contribution is 6.04. The van der Waals surface area contributed by atoms with Crippen LogP contribution in [0.1, 0.15) is 33.2 Å². The SMILES string of the molecule is CC(=O)c1ccc(Nc2cc(C(=O)Nc3cccc(C(F)(F)F)c3)ccn2)cc1. The molecule has 3 rings (SSSR count). The zero-order valence-corrected chi connectivity index (χ0v) is 15.2. The van der Waals surface area contributed by atoms with Crippen molar-refractivity contribution in [2.45, 2.75) is 13.1 Å². The molecule has 0 aliphatic carbocycles. The maximum atomic E-state index is 12.8. The summed E-state index contributed by atoms with van der Waals surface area (Å²) in [6.45, 7) is 1.47. The summed E-state index contributed by atoms with van der Waals surface area (Å²) in [6, 6.07) is 14.1. The number of pyridine rings is 1. The lowest BCUT2D eigenvalue weighted by molar-refractivity contribution is -0.137. The predicted octanol–water partition coefficient (Wildman–Crippen LogP) is 5.30. The molecule has 0 unspecified atom stereocenters. The molecule has 148 valence electrons. The highest BCUT2D eigenvalue weighted by Crippen LogP contribution is 2.30. The molecule has 1 aromatic heterocycles. The van der Waals surface area contributed by atoms with Gasteiger partial charge in [0, 0.05) is 28.7 Å². The van der Waals surface area contributed by atoms with Gasteiger partial charge < -0.3 is 10.6 Å². The van der Waals surface area contributed by atoms with Crippen molar-refractivity contribution in [1.29, 1.82) is 0 Å². The van der Waals surface area contributed by atoms with E-state index < -0.39 is 17.6 Å². The minimum atomic E-state index is -4.49. The first-order valence-corrected chi connectivity index (χ1v) is 8.55. The molecule has 0 atom stereocenters. The Morgan fingerprint density at radius 1 is 0.897 bits per heavy atom. The molecule has 0 spiro atoms. The van der Waals surface area contributed by atoms with E-state index in [2.05, 4.69) is 15.6 Å². The quantitative estimate of drug-likeness (QED) is 0.571. The monoisotopic (exact) mass is 399 g/mol. The number of benzene rings is 2. The van der Waals surface area contributed by atoms with Crippen LogP contribution in [-0.4, -0.2) is 16.7 Å². The van der Waals surface area contributed by atoms with Crippen LogP contribution in [0.4, 0.5) is 30.4 Å². The van der Waals surface area contributed by atoms with E-state index in [0.717, 1.165) is 12.1 Å². The second-order valence-electron chi connectivity index (χ2n) is 6.22. The summed E-state index contributed by atoms with van der Waals surface area (Å²) < 4.78 is 38.4. The summed E-state index contributed by atoms with van der Waals surface area (Å²) in [4.78, 5) is 27.9. The highest BCUT2D eigenvalue weighted by atomic mass is 19.4. The lowest BCUT2D eigenvalue weighted by Crippen LogP contribution is -2.13. The minimum absolute atomic E-state index is 0.0379. The number of hydrogen-bond acceptors (Lipinski definition) is 4. The van der Waals surface area contributed by atoms with Gasteiger partial charge in [-0.25, -0.2) is 4.98 Å². The number of nitrogens with zero attached hydrogens (tertiary/aromatic N) is 1. The fourth-order valence-electron chi connectivity index (χ4n) is 2.55. The Kier molecular flexibility index (Phi) is 5.63. The number of anilines is 3. The van der Waals surface area contributed by atoms with Crippen molar-refractivity contribution in [3.05, 3.63) is 83.6 Å². The molecule has 8 heteroatoms. The second kappa shape index (κ2) is 8.14. The third-order valence-corrected chi connectivity index (χ3v) is 4.03. The van der Waals surface area contributed by atoms with Gasteiger partial charge in [-0.15, -0.1) is 0 Å². The number of ketones is 1. The number of rotatable bonds is 5. The molecule has 1 heterocycles. The van der Waals surface area contributed by atoms with E-state index in [0.29, 0.717) is 17.1 Å². The van der Waals surface area contributed by atoms with Crippen molar-refractivity contribution in [3.63, 3.8) is 0 Å². The lowest BCUT2D eigenvalue weighted by atomic mass is 10.1. The molecule has 29 heavy (non-hydrogen) atoms. The minimum Gasteiger partial charge on any atom is -0.340 e. The van der Waals surface area contributed by atoms with Crippen molar-refractivity contribution >= 4 is 28.9 Å². The smallest absolute Gasteiger partial charge is 0.340 e. The normalized spacial score (nSPS) is 11.0. The van der Waals surface area contributed by atoms with Gasteiger partial charge in [0.15, 0.2) is 5.78 Å². The van der Waals surface area contributed by atoms with Crippen LogP contribution in [0, 0.1) is 0 Å². The summed E-state index contributed by atoms with van der Waals surface area (Å²) in [6.07, 6.45) is -3.08. The molecular formula is C21H16F3N3O2. The van der Waals surface area contributed by atoms with Gasteiger partial charge in [-0.3, -0.25) is 9.59 Å². The number of hydrogen-bond donors (Lipinski definition) is 2. The van der Waals surface area contributed by atoms with Gasteiger partial charge >= 0.3 is 6.18 Å². The third-order valence-electron chi connectivity index (χ3n) is 4.03. The van der Waals surface area contributed by atoms with E-state index in [1.807, 2.05) is 0 Å². The van der Waals surface area contributed by atoms with Crippen molar-refractivity contribution in [2.75, 3.05) is 10.6 Å². The van der Waals surface area contributed by atoms with Gasteiger partial charge in [-0.2, -0.15) is 13.2 Å². The first kappa shape index (κ1) is 20.1. The molecule has 0 saturated carbocycles. The fourth-order valence-corrected chi connectivity index (χ4v) is 2.55. The maximum absolute atomic E-state index is 12.8. The maximum Gasteiger partial charge on any atom is 0.416 e. The van der Waals surface area contributed by atoms with Crippen molar-refractivity contribution in [1.82, 2.24) is 4.98 Å². The van der Waals surface area contributed by atoms with E-state index in [4.69, 9.17) is 0 Å². The number of nitrogens with one attached hydrogen (secondary N) is 2. The Balaban J connectivity index is 1.73.